The van der Waals surface area contributed by atoms with Gasteiger partial charge in [-0.2, -0.15) is 13.2 Å². The van der Waals surface area contributed by atoms with Crippen LogP contribution in [-0.4, -0.2) is 15.5 Å². The van der Waals surface area contributed by atoms with Crippen LogP contribution in [0.2, 0.25) is 0 Å². The van der Waals surface area contributed by atoms with E-state index in [1.165, 1.54) is 6.20 Å². The van der Waals surface area contributed by atoms with Crippen LogP contribution in [0.25, 0.3) is 5.57 Å². The van der Waals surface area contributed by atoms with Crippen LogP contribution in [0.3, 0.4) is 0 Å². The Kier molecular flexibility index (Phi) is 6.17. The van der Waals surface area contributed by atoms with Crippen molar-refractivity contribution in [3.05, 3.63) is 102 Å². The number of hydrogen-bond donors (Lipinski definition) is 1. The van der Waals surface area contributed by atoms with E-state index in [0.717, 1.165) is 35.4 Å². The molecule has 3 rings (SSSR count). The van der Waals surface area contributed by atoms with Crippen molar-refractivity contribution in [1.29, 1.82) is 0 Å². The molecule has 0 amide bonds. The molecule has 0 fully saturated rings. The number of halogens is 3. The Balaban J connectivity index is 1.95. The molecule has 0 unspecified atom stereocenters. The van der Waals surface area contributed by atoms with Crippen LogP contribution in [-0.2, 0) is 16.2 Å². The summed E-state index contributed by atoms with van der Waals surface area (Å²) in [4.78, 5) is -0.270. The molecule has 0 aliphatic heterocycles. The third kappa shape index (κ3) is 5.01. The summed E-state index contributed by atoms with van der Waals surface area (Å²) in [5.41, 5.74) is 1.17. The molecule has 0 radical (unpaired) electrons. The minimum atomic E-state index is -4.54. The highest BCUT2D eigenvalue weighted by molar-refractivity contribution is 7.89. The zero-order valence-corrected chi connectivity index (χ0v) is 16.7. The lowest BCUT2D eigenvalue weighted by molar-refractivity contribution is -0.137. The molecule has 0 aromatic heterocycles. The van der Waals surface area contributed by atoms with E-state index < -0.39 is 21.8 Å². The summed E-state index contributed by atoms with van der Waals surface area (Å²) in [6.07, 6.45) is -3.21. The van der Waals surface area contributed by atoms with Crippen LogP contribution < -0.4 is 9.46 Å². The van der Waals surface area contributed by atoms with Crippen LogP contribution in [0.1, 0.15) is 16.7 Å². The summed E-state index contributed by atoms with van der Waals surface area (Å²) in [7, 11) is -2.52. The largest absolute Gasteiger partial charge is 0.497 e. The summed E-state index contributed by atoms with van der Waals surface area (Å²) >= 11 is 0. The maximum atomic E-state index is 12.7. The maximum Gasteiger partial charge on any atom is 0.416 e. The first-order chi connectivity index (χ1) is 14.2. The molecule has 1 N–H and O–H groups in total. The monoisotopic (exact) mass is 433 g/mol. The molecule has 156 valence electrons. The van der Waals surface area contributed by atoms with Gasteiger partial charge in [-0.3, -0.25) is 4.72 Å². The van der Waals surface area contributed by atoms with Crippen molar-refractivity contribution >= 4 is 15.6 Å². The first-order valence-corrected chi connectivity index (χ1v) is 10.3. The summed E-state index contributed by atoms with van der Waals surface area (Å²) in [6, 6.07) is 19.5. The van der Waals surface area contributed by atoms with Gasteiger partial charge in [-0.05, 0) is 47.5 Å². The first-order valence-electron chi connectivity index (χ1n) is 8.80. The van der Waals surface area contributed by atoms with Gasteiger partial charge >= 0.3 is 6.18 Å². The molecular weight excluding hydrogens is 415 g/mol. The lowest BCUT2D eigenvalue weighted by Crippen LogP contribution is -2.19. The number of nitrogens with one attached hydrogen (secondary N) is 1. The predicted molar refractivity (Wildman–Crippen MR) is 108 cm³/mol. The standard InChI is InChI=1S/C22H18F3NO3S/c1-29-19-11-7-17(8-12-19)21(16-5-3-2-4-6-16)15-26-30(27,28)20-13-9-18(10-14-20)22(23,24)25/h2-15,26H,1H3/b21-15+. The third-order valence-electron chi connectivity index (χ3n) is 4.34. The molecule has 30 heavy (non-hydrogen) atoms. The number of rotatable bonds is 6. The number of alkyl halides is 3. The number of ether oxygens (including phenoxy) is 1. The van der Waals surface area contributed by atoms with E-state index in [-0.39, 0.29) is 4.90 Å². The molecule has 3 aromatic carbocycles. The molecule has 0 aliphatic carbocycles. The second kappa shape index (κ2) is 8.62. The lowest BCUT2D eigenvalue weighted by atomic mass is 9.99. The number of methoxy groups -OCH3 is 1. The molecule has 0 saturated heterocycles. The maximum absolute atomic E-state index is 12.7. The van der Waals surface area contributed by atoms with Crippen molar-refractivity contribution in [2.75, 3.05) is 7.11 Å². The SMILES string of the molecule is COc1ccc(/C(=C/NS(=O)(=O)c2ccc(C(F)(F)F)cc2)c2ccccc2)cc1. The number of hydrogen-bond acceptors (Lipinski definition) is 3. The summed E-state index contributed by atoms with van der Waals surface area (Å²) in [5.74, 6) is 0.650. The molecular formula is C22H18F3NO3S. The molecule has 0 heterocycles. The van der Waals surface area contributed by atoms with Crippen molar-refractivity contribution in [2.45, 2.75) is 11.1 Å². The molecule has 0 bridgehead atoms. The zero-order chi connectivity index (χ0) is 21.8. The van der Waals surface area contributed by atoms with Gasteiger partial charge in [-0.25, -0.2) is 8.42 Å². The Labute approximate surface area is 172 Å². The van der Waals surface area contributed by atoms with Gasteiger partial charge < -0.3 is 4.74 Å². The normalized spacial score (nSPS) is 12.5. The Bertz CT molecular complexity index is 1120. The van der Waals surface area contributed by atoms with Gasteiger partial charge in [0, 0.05) is 11.8 Å². The molecule has 0 atom stereocenters. The summed E-state index contributed by atoms with van der Waals surface area (Å²) in [5, 5.41) is 0. The quantitative estimate of drug-likeness (QED) is 0.590. The third-order valence-corrected chi connectivity index (χ3v) is 5.66. The van der Waals surface area contributed by atoms with E-state index in [1.54, 1.807) is 31.4 Å². The highest BCUT2D eigenvalue weighted by Crippen LogP contribution is 2.30. The average Bonchev–Trinajstić information content (AvgIpc) is 2.74. The zero-order valence-electron chi connectivity index (χ0n) is 15.8. The molecule has 0 aliphatic rings. The van der Waals surface area contributed by atoms with Crippen molar-refractivity contribution < 1.29 is 26.3 Å². The second-order valence-electron chi connectivity index (χ2n) is 6.30. The second-order valence-corrected chi connectivity index (χ2v) is 8.01. The van der Waals surface area contributed by atoms with Crippen LogP contribution in [0, 0.1) is 0 Å². The fraction of sp³-hybridized carbons (Fsp3) is 0.0909. The van der Waals surface area contributed by atoms with Gasteiger partial charge in [0.2, 0.25) is 0 Å². The molecule has 0 saturated carbocycles. The van der Waals surface area contributed by atoms with Crippen molar-refractivity contribution in [3.8, 4) is 5.75 Å². The number of benzene rings is 3. The van der Waals surface area contributed by atoms with Crippen molar-refractivity contribution in [2.24, 2.45) is 0 Å². The van der Waals surface area contributed by atoms with Gasteiger partial charge in [-0.1, -0.05) is 42.5 Å². The van der Waals surface area contributed by atoms with Crippen LogP contribution in [0.4, 0.5) is 13.2 Å². The van der Waals surface area contributed by atoms with Crippen LogP contribution in [0.5, 0.6) is 5.75 Å². The van der Waals surface area contributed by atoms with Gasteiger partial charge in [0.05, 0.1) is 17.6 Å². The highest BCUT2D eigenvalue weighted by atomic mass is 32.2. The first kappa shape index (κ1) is 21.4. The molecule has 3 aromatic rings. The van der Waals surface area contributed by atoms with Gasteiger partial charge in [0.15, 0.2) is 0 Å². The topological polar surface area (TPSA) is 55.4 Å². The molecule has 8 heteroatoms. The van der Waals surface area contributed by atoms with E-state index >= 15 is 0 Å². The summed E-state index contributed by atoms with van der Waals surface area (Å²) < 4.78 is 70.9. The van der Waals surface area contributed by atoms with Crippen LogP contribution >= 0.6 is 0 Å². The van der Waals surface area contributed by atoms with E-state index in [9.17, 15) is 21.6 Å². The molecule has 4 nitrogen and oxygen atoms in total. The predicted octanol–water partition coefficient (Wildman–Crippen LogP) is 5.08. The van der Waals surface area contributed by atoms with Crippen molar-refractivity contribution in [3.63, 3.8) is 0 Å². The van der Waals surface area contributed by atoms with Gasteiger partial charge in [0.25, 0.3) is 10.0 Å². The Morgan fingerprint density at radius 3 is 1.97 bits per heavy atom. The van der Waals surface area contributed by atoms with E-state index in [4.69, 9.17) is 4.74 Å². The van der Waals surface area contributed by atoms with Gasteiger partial charge in [0.1, 0.15) is 5.75 Å². The van der Waals surface area contributed by atoms with E-state index in [2.05, 4.69) is 4.72 Å². The highest BCUT2D eigenvalue weighted by Gasteiger charge is 2.30. The lowest BCUT2D eigenvalue weighted by Gasteiger charge is -2.12. The minimum Gasteiger partial charge on any atom is -0.497 e. The number of sulfonamides is 1. The fourth-order valence-corrected chi connectivity index (χ4v) is 3.65. The van der Waals surface area contributed by atoms with Crippen molar-refractivity contribution in [1.82, 2.24) is 4.72 Å². The molecule has 0 spiro atoms. The minimum absolute atomic E-state index is 0.270. The summed E-state index contributed by atoms with van der Waals surface area (Å²) in [6.45, 7) is 0. The average molecular weight is 433 g/mol. The smallest absolute Gasteiger partial charge is 0.416 e. The Morgan fingerprint density at radius 1 is 0.867 bits per heavy atom. The Morgan fingerprint density at radius 2 is 1.43 bits per heavy atom. The fourth-order valence-electron chi connectivity index (χ4n) is 2.75. The van der Waals surface area contributed by atoms with Crippen LogP contribution in [0.15, 0.2) is 90.0 Å². The van der Waals surface area contributed by atoms with E-state index in [0.29, 0.717) is 11.3 Å². The van der Waals surface area contributed by atoms with Gasteiger partial charge in [-0.15, -0.1) is 0 Å². The Hall–Kier alpha value is -3.26. The van der Waals surface area contributed by atoms with E-state index in [1.807, 2.05) is 30.3 Å².